The van der Waals surface area contributed by atoms with E-state index in [2.05, 4.69) is 0 Å². The number of aromatic carboxylic acids is 1. The largest absolute Gasteiger partial charge is 0.507 e. The van der Waals surface area contributed by atoms with Gasteiger partial charge in [-0.15, -0.1) is 0 Å². The van der Waals surface area contributed by atoms with Gasteiger partial charge < -0.3 is 10.2 Å². The summed E-state index contributed by atoms with van der Waals surface area (Å²) >= 11 is 0. The number of para-hydroxylation sites is 1. The standard InChI is InChI=1S/C7H6O3.Yb/c8-6-4-2-1-3-5(6)7(9)10;/h1-4,8H,(H,9,10);. The van der Waals surface area contributed by atoms with Gasteiger partial charge in [0.1, 0.15) is 11.3 Å². The second-order valence-corrected chi connectivity index (χ2v) is 1.82. The number of rotatable bonds is 1. The summed E-state index contributed by atoms with van der Waals surface area (Å²) in [5, 5.41) is 17.3. The SMILES string of the molecule is O=C(O)c1ccccc1O.[Yb]. The van der Waals surface area contributed by atoms with Crippen LogP contribution in [0.2, 0.25) is 0 Å². The van der Waals surface area contributed by atoms with Crippen molar-refractivity contribution < 1.29 is 61.9 Å². The second kappa shape index (κ2) is 4.80. The van der Waals surface area contributed by atoms with Crippen molar-refractivity contribution in [2.75, 3.05) is 0 Å². The fourth-order valence-electron chi connectivity index (χ4n) is 0.654. The summed E-state index contributed by atoms with van der Waals surface area (Å²) in [7, 11) is 0. The Balaban J connectivity index is 0.000001000. The molecule has 11 heavy (non-hydrogen) atoms. The first-order chi connectivity index (χ1) is 4.72. The number of phenols is 1. The predicted octanol–water partition coefficient (Wildman–Crippen LogP) is 1.09. The van der Waals surface area contributed by atoms with Crippen molar-refractivity contribution in [2.45, 2.75) is 0 Å². The molecule has 0 bridgehead atoms. The van der Waals surface area contributed by atoms with Gasteiger partial charge in [0.05, 0.1) is 0 Å². The van der Waals surface area contributed by atoms with E-state index in [1.54, 1.807) is 12.1 Å². The number of benzene rings is 1. The number of hydrogen-bond donors (Lipinski definition) is 2. The molecular weight excluding hydrogens is 305 g/mol. The maximum Gasteiger partial charge on any atom is 0.339 e. The zero-order chi connectivity index (χ0) is 7.56. The summed E-state index contributed by atoms with van der Waals surface area (Å²) in [5.74, 6) is -1.31. The van der Waals surface area contributed by atoms with E-state index in [-0.39, 0.29) is 58.2 Å². The third-order valence-corrected chi connectivity index (χ3v) is 1.13. The van der Waals surface area contributed by atoms with Crippen molar-refractivity contribution in [3.05, 3.63) is 29.8 Å². The van der Waals surface area contributed by atoms with Gasteiger partial charge in [0.2, 0.25) is 0 Å². The Morgan fingerprint density at radius 2 is 1.82 bits per heavy atom. The van der Waals surface area contributed by atoms with Crippen molar-refractivity contribution >= 4 is 5.97 Å². The molecule has 0 aliphatic rings. The first-order valence-electron chi connectivity index (χ1n) is 2.73. The van der Waals surface area contributed by atoms with Gasteiger partial charge in [-0.25, -0.2) is 4.79 Å². The summed E-state index contributed by atoms with van der Waals surface area (Å²) in [6.07, 6.45) is 0. The Morgan fingerprint density at radius 1 is 1.27 bits per heavy atom. The van der Waals surface area contributed by atoms with Crippen LogP contribution in [0.15, 0.2) is 24.3 Å². The Labute approximate surface area is 102 Å². The van der Waals surface area contributed by atoms with Crippen LogP contribution in [-0.2, 0) is 0 Å². The molecule has 0 heterocycles. The van der Waals surface area contributed by atoms with Crippen molar-refractivity contribution in [3.63, 3.8) is 0 Å². The average molecular weight is 311 g/mol. The van der Waals surface area contributed by atoms with Crippen LogP contribution in [0.25, 0.3) is 0 Å². The average Bonchev–Trinajstić information content (AvgIpc) is 1.88. The van der Waals surface area contributed by atoms with E-state index in [1.165, 1.54) is 12.1 Å². The van der Waals surface area contributed by atoms with Crippen molar-refractivity contribution in [3.8, 4) is 5.75 Å². The van der Waals surface area contributed by atoms with Gasteiger partial charge in [0.25, 0.3) is 0 Å². The minimum absolute atomic E-state index is 0. The molecule has 1 aromatic carbocycles. The molecule has 0 aromatic heterocycles. The maximum atomic E-state index is 10.3. The van der Waals surface area contributed by atoms with Crippen LogP contribution in [0.1, 0.15) is 10.4 Å². The quantitative estimate of drug-likeness (QED) is 0.816. The minimum Gasteiger partial charge on any atom is -0.507 e. The van der Waals surface area contributed by atoms with Gasteiger partial charge in [-0.3, -0.25) is 0 Å². The fourth-order valence-corrected chi connectivity index (χ4v) is 0.654. The van der Waals surface area contributed by atoms with Crippen LogP contribution < -0.4 is 0 Å². The van der Waals surface area contributed by atoms with Gasteiger partial charge in [-0.05, 0) is 12.1 Å². The number of carbonyl (C=O) groups is 1. The van der Waals surface area contributed by atoms with Crippen molar-refractivity contribution in [1.29, 1.82) is 0 Å². The van der Waals surface area contributed by atoms with E-state index in [9.17, 15) is 4.79 Å². The van der Waals surface area contributed by atoms with Gasteiger partial charge in [0, 0.05) is 46.9 Å². The van der Waals surface area contributed by atoms with E-state index in [0.717, 1.165) is 0 Å². The topological polar surface area (TPSA) is 57.5 Å². The molecule has 0 spiro atoms. The van der Waals surface area contributed by atoms with Crippen LogP contribution in [0.3, 0.4) is 0 Å². The predicted molar refractivity (Wildman–Crippen MR) is 35.1 cm³/mol. The third-order valence-electron chi connectivity index (χ3n) is 1.13. The van der Waals surface area contributed by atoms with E-state index in [0.29, 0.717) is 0 Å². The molecule has 0 aliphatic heterocycles. The van der Waals surface area contributed by atoms with Crippen LogP contribution >= 0.6 is 0 Å². The van der Waals surface area contributed by atoms with E-state index in [4.69, 9.17) is 10.2 Å². The molecule has 0 saturated carbocycles. The van der Waals surface area contributed by atoms with Crippen LogP contribution in [0, 0.1) is 46.9 Å². The molecule has 0 atom stereocenters. The summed E-state index contributed by atoms with van der Waals surface area (Å²) in [6, 6.07) is 5.81. The Hall–Kier alpha value is 0.00948. The zero-order valence-corrected chi connectivity index (χ0v) is 7.09. The molecule has 4 heteroatoms. The minimum atomic E-state index is -1.11. The molecule has 1 rings (SSSR count). The first kappa shape index (κ1) is 11.0. The van der Waals surface area contributed by atoms with E-state index in [1.807, 2.05) is 0 Å². The smallest absolute Gasteiger partial charge is 0.339 e. The molecular formula is C7H6O3Yb. The summed E-state index contributed by atoms with van der Waals surface area (Å²) < 4.78 is 0. The number of carboxylic acids is 1. The normalized spacial score (nSPS) is 8.36. The molecule has 66 valence electrons. The van der Waals surface area contributed by atoms with E-state index < -0.39 is 5.97 Å². The fraction of sp³-hybridized carbons (Fsp3) is 0. The van der Waals surface area contributed by atoms with Crippen LogP contribution in [-0.4, -0.2) is 16.2 Å². The van der Waals surface area contributed by atoms with Gasteiger partial charge in [-0.1, -0.05) is 12.1 Å². The summed E-state index contributed by atoms with van der Waals surface area (Å²) in [4.78, 5) is 10.3. The zero-order valence-electron chi connectivity index (χ0n) is 5.38. The third kappa shape index (κ3) is 2.85. The van der Waals surface area contributed by atoms with Gasteiger partial charge in [-0.2, -0.15) is 0 Å². The molecule has 0 amide bonds. The molecule has 0 saturated heterocycles. The van der Waals surface area contributed by atoms with Crippen molar-refractivity contribution in [2.24, 2.45) is 0 Å². The Morgan fingerprint density at radius 3 is 2.18 bits per heavy atom. The molecule has 0 aliphatic carbocycles. The molecule has 3 nitrogen and oxygen atoms in total. The number of carboxylic acid groups (broad SMARTS) is 1. The Bertz CT molecular complexity index is 260. The summed E-state index contributed by atoms with van der Waals surface area (Å²) in [6.45, 7) is 0. The molecule has 0 unspecified atom stereocenters. The maximum absolute atomic E-state index is 10.3. The van der Waals surface area contributed by atoms with Gasteiger partial charge in [0.15, 0.2) is 0 Å². The molecule has 1 aromatic rings. The van der Waals surface area contributed by atoms with Gasteiger partial charge >= 0.3 is 5.97 Å². The first-order valence-corrected chi connectivity index (χ1v) is 2.73. The number of aromatic hydroxyl groups is 1. The van der Waals surface area contributed by atoms with Crippen molar-refractivity contribution in [1.82, 2.24) is 0 Å². The number of hydrogen-bond acceptors (Lipinski definition) is 2. The van der Waals surface area contributed by atoms with E-state index >= 15 is 0 Å². The monoisotopic (exact) mass is 312 g/mol. The molecule has 2 N–H and O–H groups in total. The molecule has 0 fully saturated rings. The van der Waals surface area contributed by atoms with Crippen LogP contribution in [0.4, 0.5) is 0 Å². The second-order valence-electron chi connectivity index (χ2n) is 1.82. The molecule has 0 radical (unpaired) electrons. The Kier molecular flexibility index (Phi) is 4.80. The summed E-state index contributed by atoms with van der Waals surface area (Å²) in [5.41, 5.74) is -0.0671. The van der Waals surface area contributed by atoms with Crippen LogP contribution in [0.5, 0.6) is 5.75 Å².